The highest BCUT2D eigenvalue weighted by molar-refractivity contribution is 5.94. The third-order valence-corrected chi connectivity index (χ3v) is 6.44. The lowest BCUT2D eigenvalue weighted by Crippen LogP contribution is -2.63. The second kappa shape index (κ2) is 13.0. The number of hydrogen-bond donors (Lipinski definition) is 2. The maximum Gasteiger partial charge on any atom is 0.328 e. The standard InChI is InChI=1S/C29H34N8O4/c1-20(2)15-26(27(39)41-4)30-28(40)29(31-21(3)38,16-22-18-36(34-32-22)24-11-7-5-8-12-24)17-23-19-37(35-33-23)25-13-9-6-10-14-25/h5-14,18-20,26H,15-17H2,1-4H3,(H,30,40)(H,31,38)/t26-/m0/s1. The van der Waals surface area contributed by atoms with E-state index in [9.17, 15) is 14.4 Å². The molecule has 0 saturated heterocycles. The summed E-state index contributed by atoms with van der Waals surface area (Å²) in [7, 11) is 1.27. The number of nitrogens with zero attached hydrogens (tertiary/aromatic N) is 6. The number of esters is 1. The maximum absolute atomic E-state index is 14.1. The van der Waals surface area contributed by atoms with Crippen LogP contribution in [0.15, 0.2) is 73.1 Å². The number of hydrogen-bond acceptors (Lipinski definition) is 8. The zero-order chi connectivity index (χ0) is 29.4. The minimum absolute atomic E-state index is 0.0288. The summed E-state index contributed by atoms with van der Waals surface area (Å²) in [4.78, 5) is 39.3. The Bertz CT molecular complexity index is 1390. The number of methoxy groups -OCH3 is 1. The van der Waals surface area contributed by atoms with Gasteiger partial charge in [-0.1, -0.05) is 60.7 Å². The van der Waals surface area contributed by atoms with Crippen LogP contribution < -0.4 is 10.6 Å². The monoisotopic (exact) mass is 558 g/mol. The molecule has 1 atom stereocenters. The highest BCUT2D eigenvalue weighted by atomic mass is 16.5. The number of aromatic nitrogens is 6. The lowest BCUT2D eigenvalue weighted by atomic mass is 9.86. The average Bonchev–Trinajstić information content (AvgIpc) is 3.62. The van der Waals surface area contributed by atoms with E-state index in [1.54, 1.807) is 21.8 Å². The molecule has 0 unspecified atom stereocenters. The van der Waals surface area contributed by atoms with E-state index in [1.165, 1.54) is 14.0 Å². The van der Waals surface area contributed by atoms with E-state index in [0.29, 0.717) is 17.8 Å². The highest BCUT2D eigenvalue weighted by Crippen LogP contribution is 2.21. The molecule has 2 N–H and O–H groups in total. The van der Waals surface area contributed by atoms with Gasteiger partial charge in [-0.05, 0) is 36.6 Å². The fourth-order valence-electron chi connectivity index (χ4n) is 4.62. The predicted molar refractivity (Wildman–Crippen MR) is 150 cm³/mol. The van der Waals surface area contributed by atoms with Gasteiger partial charge in [0, 0.05) is 19.8 Å². The van der Waals surface area contributed by atoms with Crippen LogP contribution in [-0.4, -0.2) is 66.5 Å². The molecule has 0 fully saturated rings. The smallest absolute Gasteiger partial charge is 0.328 e. The molecule has 12 nitrogen and oxygen atoms in total. The van der Waals surface area contributed by atoms with E-state index in [1.807, 2.05) is 74.5 Å². The summed E-state index contributed by atoms with van der Waals surface area (Å²) in [6.45, 7) is 5.20. The summed E-state index contributed by atoms with van der Waals surface area (Å²) in [6, 6.07) is 17.9. The molecule has 4 aromatic rings. The van der Waals surface area contributed by atoms with Gasteiger partial charge in [-0.3, -0.25) is 9.59 Å². The van der Waals surface area contributed by atoms with E-state index in [4.69, 9.17) is 4.74 Å². The number of amides is 2. The van der Waals surface area contributed by atoms with Crippen LogP contribution in [0.2, 0.25) is 0 Å². The van der Waals surface area contributed by atoms with Gasteiger partial charge in [-0.2, -0.15) is 0 Å². The second-order valence-corrected chi connectivity index (χ2v) is 10.3. The fourth-order valence-corrected chi connectivity index (χ4v) is 4.62. The van der Waals surface area contributed by atoms with Crippen molar-refractivity contribution >= 4 is 17.8 Å². The van der Waals surface area contributed by atoms with Crippen molar-refractivity contribution in [2.24, 2.45) is 5.92 Å². The number of para-hydroxylation sites is 2. The van der Waals surface area contributed by atoms with Gasteiger partial charge in [0.15, 0.2) is 0 Å². The average molecular weight is 559 g/mol. The molecule has 0 saturated carbocycles. The van der Waals surface area contributed by atoms with Crippen LogP contribution in [0.3, 0.4) is 0 Å². The normalized spacial score (nSPS) is 12.1. The molecule has 41 heavy (non-hydrogen) atoms. The molecule has 0 aliphatic heterocycles. The molecule has 0 bridgehead atoms. The molecule has 0 spiro atoms. The molecule has 2 aromatic heterocycles. The van der Waals surface area contributed by atoms with Crippen LogP contribution >= 0.6 is 0 Å². The summed E-state index contributed by atoms with van der Waals surface area (Å²) >= 11 is 0. The number of ether oxygens (including phenoxy) is 1. The van der Waals surface area contributed by atoms with Gasteiger partial charge >= 0.3 is 5.97 Å². The Morgan fingerprint density at radius 1 is 0.854 bits per heavy atom. The van der Waals surface area contributed by atoms with Crippen LogP contribution in [0, 0.1) is 5.92 Å². The van der Waals surface area contributed by atoms with Gasteiger partial charge in [0.2, 0.25) is 11.8 Å². The second-order valence-electron chi connectivity index (χ2n) is 10.3. The Kier molecular flexibility index (Phi) is 9.23. The summed E-state index contributed by atoms with van der Waals surface area (Å²) in [5, 5.41) is 22.7. The highest BCUT2D eigenvalue weighted by Gasteiger charge is 2.43. The zero-order valence-electron chi connectivity index (χ0n) is 23.5. The van der Waals surface area contributed by atoms with Crippen LogP contribution in [-0.2, 0) is 32.0 Å². The van der Waals surface area contributed by atoms with Crippen molar-refractivity contribution in [1.29, 1.82) is 0 Å². The molecule has 0 aliphatic rings. The van der Waals surface area contributed by atoms with E-state index < -0.39 is 29.4 Å². The molecule has 0 radical (unpaired) electrons. The molecule has 214 valence electrons. The van der Waals surface area contributed by atoms with Crippen molar-refractivity contribution in [2.45, 2.75) is 51.6 Å². The number of rotatable bonds is 12. The van der Waals surface area contributed by atoms with Gasteiger partial charge in [0.25, 0.3) is 0 Å². The lowest BCUT2D eigenvalue weighted by Gasteiger charge is -2.33. The Labute approximate surface area is 238 Å². The summed E-state index contributed by atoms with van der Waals surface area (Å²) in [5.41, 5.74) is 0.895. The van der Waals surface area contributed by atoms with Crippen molar-refractivity contribution in [3.05, 3.63) is 84.4 Å². The number of carbonyl (C=O) groups is 3. The van der Waals surface area contributed by atoms with Crippen molar-refractivity contribution < 1.29 is 19.1 Å². The minimum Gasteiger partial charge on any atom is -0.467 e. The Hall–Kier alpha value is -4.87. The van der Waals surface area contributed by atoms with Crippen LogP contribution in [0.4, 0.5) is 0 Å². The van der Waals surface area contributed by atoms with Crippen molar-refractivity contribution in [1.82, 2.24) is 40.6 Å². The predicted octanol–water partition coefficient (Wildman–Crippen LogP) is 2.21. The van der Waals surface area contributed by atoms with Crippen molar-refractivity contribution in [2.75, 3.05) is 7.11 Å². The first-order valence-corrected chi connectivity index (χ1v) is 13.3. The third kappa shape index (κ3) is 7.41. The van der Waals surface area contributed by atoms with Gasteiger partial charge in [-0.15, -0.1) is 10.2 Å². The van der Waals surface area contributed by atoms with E-state index in [0.717, 1.165) is 11.4 Å². The Morgan fingerprint density at radius 2 is 1.34 bits per heavy atom. The molecule has 4 rings (SSSR count). The fraction of sp³-hybridized carbons (Fsp3) is 0.345. The van der Waals surface area contributed by atoms with Crippen LogP contribution in [0.25, 0.3) is 11.4 Å². The summed E-state index contributed by atoms with van der Waals surface area (Å²) in [5.74, 6) is -1.50. The van der Waals surface area contributed by atoms with Gasteiger partial charge < -0.3 is 15.4 Å². The molecule has 2 heterocycles. The molecular weight excluding hydrogens is 524 g/mol. The topological polar surface area (TPSA) is 146 Å². The summed E-state index contributed by atoms with van der Waals surface area (Å²) in [6.07, 6.45) is 3.69. The molecule has 0 aliphatic carbocycles. The lowest BCUT2D eigenvalue weighted by molar-refractivity contribution is -0.146. The molecule has 2 amide bonds. The third-order valence-electron chi connectivity index (χ3n) is 6.44. The SMILES string of the molecule is COC(=O)[C@H](CC(C)C)NC(=O)C(Cc1cn(-c2ccccc2)nn1)(Cc1cn(-c2ccccc2)nn1)NC(C)=O. The molecule has 2 aromatic carbocycles. The van der Waals surface area contributed by atoms with E-state index in [2.05, 4.69) is 31.3 Å². The first-order valence-electron chi connectivity index (χ1n) is 13.3. The van der Waals surface area contributed by atoms with Crippen molar-refractivity contribution in [3.63, 3.8) is 0 Å². The zero-order valence-corrected chi connectivity index (χ0v) is 23.5. The van der Waals surface area contributed by atoms with Gasteiger partial charge in [0.05, 0.1) is 42.3 Å². The van der Waals surface area contributed by atoms with Crippen LogP contribution in [0.5, 0.6) is 0 Å². The first-order chi connectivity index (χ1) is 19.7. The van der Waals surface area contributed by atoms with E-state index in [-0.39, 0.29) is 18.8 Å². The number of nitrogens with one attached hydrogen (secondary N) is 2. The molecule has 12 heteroatoms. The van der Waals surface area contributed by atoms with Gasteiger partial charge in [-0.25, -0.2) is 14.2 Å². The number of benzene rings is 2. The number of carbonyl (C=O) groups excluding carboxylic acids is 3. The maximum atomic E-state index is 14.1. The van der Waals surface area contributed by atoms with Crippen LogP contribution in [0.1, 0.15) is 38.6 Å². The largest absolute Gasteiger partial charge is 0.467 e. The van der Waals surface area contributed by atoms with E-state index >= 15 is 0 Å². The van der Waals surface area contributed by atoms with Crippen molar-refractivity contribution in [3.8, 4) is 11.4 Å². The quantitative estimate of drug-likeness (QED) is 0.252. The van der Waals surface area contributed by atoms with Gasteiger partial charge in [0.1, 0.15) is 11.6 Å². The molecular formula is C29H34N8O4. The minimum atomic E-state index is -1.58. The summed E-state index contributed by atoms with van der Waals surface area (Å²) < 4.78 is 8.14. The Morgan fingerprint density at radius 3 is 1.76 bits per heavy atom. The Balaban J connectivity index is 1.73. The first kappa shape index (κ1) is 29.1.